The summed E-state index contributed by atoms with van der Waals surface area (Å²) < 4.78 is 3.07. The first-order valence-corrected chi connectivity index (χ1v) is 6.31. The number of hydrogen-bond donors (Lipinski definition) is 0. The Labute approximate surface area is 108 Å². The van der Waals surface area contributed by atoms with Gasteiger partial charge >= 0.3 is 0 Å². The highest BCUT2D eigenvalue weighted by atomic mass is 79.9. The molecular formula is C13H12BrN3. The van der Waals surface area contributed by atoms with Crippen LogP contribution in [0.2, 0.25) is 0 Å². The molecule has 3 nitrogen and oxygen atoms in total. The van der Waals surface area contributed by atoms with Crippen molar-refractivity contribution in [1.29, 1.82) is 0 Å². The van der Waals surface area contributed by atoms with Gasteiger partial charge in [0.1, 0.15) is 5.54 Å². The maximum Gasteiger partial charge on any atom is 0.124 e. The molecule has 0 saturated carbocycles. The first-order valence-electron chi connectivity index (χ1n) is 5.52. The van der Waals surface area contributed by atoms with Gasteiger partial charge in [0.05, 0.1) is 12.2 Å². The standard InChI is InChI=1S/C13H12BrN3/c1-13(10-3-2-4-11(14)9-10)12-5-6-16-17(12)8-7-15-13/h2-7,9H,8H2,1H3/t13-/m1/s1. The number of aliphatic imine (C=N–C) groups is 1. The number of hydrogen-bond acceptors (Lipinski definition) is 2. The van der Waals surface area contributed by atoms with Crippen LogP contribution < -0.4 is 0 Å². The lowest BCUT2D eigenvalue weighted by atomic mass is 9.88. The van der Waals surface area contributed by atoms with E-state index in [2.05, 4.69) is 45.1 Å². The van der Waals surface area contributed by atoms with Gasteiger partial charge in [-0.1, -0.05) is 28.1 Å². The van der Waals surface area contributed by atoms with E-state index in [1.807, 2.05) is 35.3 Å². The van der Waals surface area contributed by atoms with Gasteiger partial charge in [-0.2, -0.15) is 5.10 Å². The lowest BCUT2D eigenvalue weighted by molar-refractivity contribution is 0.506. The normalized spacial score (nSPS) is 22.5. The van der Waals surface area contributed by atoms with Gasteiger partial charge in [0, 0.05) is 16.9 Å². The molecule has 2 heterocycles. The third-order valence-electron chi connectivity index (χ3n) is 3.21. The second kappa shape index (κ2) is 3.81. The predicted molar refractivity (Wildman–Crippen MR) is 71.3 cm³/mol. The van der Waals surface area contributed by atoms with Crippen molar-refractivity contribution in [2.24, 2.45) is 4.99 Å². The molecule has 1 aliphatic rings. The minimum Gasteiger partial charge on any atom is -0.278 e. The molecular weight excluding hydrogens is 278 g/mol. The van der Waals surface area contributed by atoms with Crippen molar-refractivity contribution >= 4 is 22.1 Å². The van der Waals surface area contributed by atoms with Crippen LogP contribution in [0.5, 0.6) is 0 Å². The third-order valence-corrected chi connectivity index (χ3v) is 3.70. The SMILES string of the molecule is C[C@]1(c2cccc(Br)c2)N=CCn2nccc21. The maximum atomic E-state index is 4.68. The van der Waals surface area contributed by atoms with Crippen molar-refractivity contribution in [3.63, 3.8) is 0 Å². The van der Waals surface area contributed by atoms with Crippen LogP contribution in [0.4, 0.5) is 0 Å². The number of fused-ring (bicyclic) bond motifs is 1. The molecule has 0 spiro atoms. The molecule has 0 radical (unpaired) electrons. The predicted octanol–water partition coefficient (Wildman–Crippen LogP) is 2.99. The van der Waals surface area contributed by atoms with Crippen LogP contribution in [-0.4, -0.2) is 16.0 Å². The number of aromatic nitrogens is 2. The zero-order valence-corrected chi connectivity index (χ0v) is 11.1. The van der Waals surface area contributed by atoms with Gasteiger partial charge in [-0.25, -0.2) is 0 Å². The van der Waals surface area contributed by atoms with E-state index in [4.69, 9.17) is 0 Å². The summed E-state index contributed by atoms with van der Waals surface area (Å²) in [6.07, 6.45) is 3.77. The number of halogens is 1. The summed E-state index contributed by atoms with van der Waals surface area (Å²) in [5.41, 5.74) is 1.97. The van der Waals surface area contributed by atoms with Crippen molar-refractivity contribution in [3.8, 4) is 0 Å². The molecule has 17 heavy (non-hydrogen) atoms. The molecule has 0 bridgehead atoms. The quantitative estimate of drug-likeness (QED) is 0.794. The Kier molecular flexibility index (Phi) is 2.40. The monoisotopic (exact) mass is 289 g/mol. The zero-order valence-electron chi connectivity index (χ0n) is 9.47. The molecule has 1 atom stereocenters. The summed E-state index contributed by atoms with van der Waals surface area (Å²) in [5, 5.41) is 4.31. The minimum atomic E-state index is -0.335. The van der Waals surface area contributed by atoms with E-state index in [-0.39, 0.29) is 5.54 Å². The van der Waals surface area contributed by atoms with Crippen molar-refractivity contribution < 1.29 is 0 Å². The van der Waals surface area contributed by atoms with Crippen LogP contribution in [-0.2, 0) is 12.1 Å². The molecule has 1 aromatic heterocycles. The summed E-state index contributed by atoms with van der Waals surface area (Å²) >= 11 is 3.51. The number of benzene rings is 1. The Morgan fingerprint density at radius 3 is 3.06 bits per heavy atom. The Hall–Kier alpha value is -1.42. The molecule has 1 aromatic carbocycles. The van der Waals surface area contributed by atoms with Gasteiger partial charge in [0.2, 0.25) is 0 Å². The Bertz CT molecular complexity index is 588. The largest absolute Gasteiger partial charge is 0.278 e. The summed E-state index contributed by atoms with van der Waals surface area (Å²) in [4.78, 5) is 4.68. The van der Waals surface area contributed by atoms with Crippen molar-refractivity contribution in [1.82, 2.24) is 9.78 Å². The lowest BCUT2D eigenvalue weighted by Gasteiger charge is -2.29. The number of rotatable bonds is 1. The average Bonchev–Trinajstić information content (AvgIpc) is 2.79. The summed E-state index contributed by atoms with van der Waals surface area (Å²) in [6, 6.07) is 10.3. The summed E-state index contributed by atoms with van der Waals surface area (Å²) in [6.45, 7) is 2.88. The molecule has 2 aromatic rings. The molecule has 4 heteroatoms. The summed E-state index contributed by atoms with van der Waals surface area (Å²) in [7, 11) is 0. The van der Waals surface area contributed by atoms with Gasteiger partial charge in [-0.15, -0.1) is 0 Å². The van der Waals surface area contributed by atoms with Crippen LogP contribution in [0.25, 0.3) is 0 Å². The van der Waals surface area contributed by atoms with Gasteiger partial charge in [0.25, 0.3) is 0 Å². The molecule has 3 rings (SSSR count). The molecule has 0 unspecified atom stereocenters. The van der Waals surface area contributed by atoms with Crippen LogP contribution >= 0.6 is 15.9 Å². The van der Waals surface area contributed by atoms with E-state index < -0.39 is 0 Å². The van der Waals surface area contributed by atoms with Gasteiger partial charge < -0.3 is 0 Å². The van der Waals surface area contributed by atoms with E-state index in [1.165, 1.54) is 5.56 Å². The molecule has 0 saturated heterocycles. The van der Waals surface area contributed by atoms with Gasteiger partial charge in [0.15, 0.2) is 0 Å². The Morgan fingerprint density at radius 2 is 2.24 bits per heavy atom. The maximum absolute atomic E-state index is 4.68. The average molecular weight is 290 g/mol. The van der Waals surface area contributed by atoms with E-state index in [1.54, 1.807) is 0 Å². The van der Waals surface area contributed by atoms with Gasteiger partial charge in [-0.3, -0.25) is 9.67 Å². The Balaban J connectivity index is 2.19. The van der Waals surface area contributed by atoms with E-state index in [0.29, 0.717) is 0 Å². The van der Waals surface area contributed by atoms with Crippen molar-refractivity contribution in [2.75, 3.05) is 0 Å². The first-order chi connectivity index (χ1) is 8.20. The molecule has 0 amide bonds. The second-order valence-corrected chi connectivity index (χ2v) is 5.21. The van der Waals surface area contributed by atoms with Crippen LogP contribution in [0.3, 0.4) is 0 Å². The molecule has 0 aliphatic carbocycles. The topological polar surface area (TPSA) is 30.2 Å². The third kappa shape index (κ3) is 1.63. The van der Waals surface area contributed by atoms with E-state index in [0.717, 1.165) is 16.7 Å². The van der Waals surface area contributed by atoms with Crippen molar-refractivity contribution in [2.45, 2.75) is 19.0 Å². The highest BCUT2D eigenvalue weighted by Gasteiger charge is 2.33. The van der Waals surface area contributed by atoms with E-state index in [9.17, 15) is 0 Å². The first kappa shape index (κ1) is 10.7. The Morgan fingerprint density at radius 1 is 1.35 bits per heavy atom. The smallest absolute Gasteiger partial charge is 0.124 e. The highest BCUT2D eigenvalue weighted by molar-refractivity contribution is 9.10. The second-order valence-electron chi connectivity index (χ2n) is 4.29. The fourth-order valence-corrected chi connectivity index (χ4v) is 2.67. The molecule has 1 aliphatic heterocycles. The van der Waals surface area contributed by atoms with E-state index >= 15 is 0 Å². The van der Waals surface area contributed by atoms with Crippen molar-refractivity contribution in [3.05, 3.63) is 52.3 Å². The molecule has 86 valence electrons. The van der Waals surface area contributed by atoms with Gasteiger partial charge in [-0.05, 0) is 30.7 Å². The lowest BCUT2D eigenvalue weighted by Crippen LogP contribution is -2.29. The minimum absolute atomic E-state index is 0.335. The molecule has 0 N–H and O–H groups in total. The zero-order chi connectivity index (χ0) is 11.9. The highest BCUT2D eigenvalue weighted by Crippen LogP contribution is 2.35. The fourth-order valence-electron chi connectivity index (χ4n) is 2.27. The van der Waals surface area contributed by atoms with Crippen LogP contribution in [0.1, 0.15) is 18.2 Å². The molecule has 0 fully saturated rings. The number of nitrogens with zero attached hydrogens (tertiary/aromatic N) is 3. The fraction of sp³-hybridized carbons (Fsp3) is 0.231. The van der Waals surface area contributed by atoms with Crippen LogP contribution in [0, 0.1) is 0 Å². The van der Waals surface area contributed by atoms with Crippen LogP contribution in [0.15, 0.2) is 46.0 Å². The summed E-state index contributed by atoms with van der Waals surface area (Å²) in [5.74, 6) is 0.